The summed E-state index contributed by atoms with van der Waals surface area (Å²) in [6.45, 7) is 4.55. The maximum atomic E-state index is 15.2. The van der Waals surface area contributed by atoms with Gasteiger partial charge in [-0.05, 0) is 54.3 Å². The molecule has 0 saturated carbocycles. The van der Waals surface area contributed by atoms with Gasteiger partial charge in [0.25, 0.3) is 5.91 Å². The molecule has 1 amide bonds. The SMILES string of the molecule is Cc1cc(-c2ccc(C)c3nn(C)cc23)cc(F)c1CN1Cc2ncccc2C1=O. The number of hydrogen-bond acceptors (Lipinski definition) is 3. The summed E-state index contributed by atoms with van der Waals surface area (Å²) >= 11 is 0. The van der Waals surface area contributed by atoms with Crippen LogP contribution in [-0.4, -0.2) is 25.6 Å². The predicted octanol–water partition coefficient (Wildman–Crippen LogP) is 4.55. The van der Waals surface area contributed by atoms with Crippen molar-refractivity contribution >= 4 is 16.8 Å². The molecule has 0 saturated heterocycles. The van der Waals surface area contributed by atoms with Crippen LogP contribution in [0.5, 0.6) is 0 Å². The van der Waals surface area contributed by atoms with Crippen LogP contribution < -0.4 is 0 Å². The first-order valence-electron chi connectivity index (χ1n) is 9.88. The second-order valence-corrected chi connectivity index (χ2v) is 7.91. The zero-order valence-corrected chi connectivity index (χ0v) is 17.1. The highest BCUT2D eigenvalue weighted by Crippen LogP contribution is 2.33. The molecule has 0 atom stereocenters. The number of fused-ring (bicyclic) bond motifs is 2. The molecule has 1 aliphatic heterocycles. The van der Waals surface area contributed by atoms with Crippen LogP contribution in [0, 0.1) is 19.7 Å². The third-order valence-corrected chi connectivity index (χ3v) is 5.82. The molecule has 4 aromatic rings. The van der Waals surface area contributed by atoms with Crippen molar-refractivity contribution in [3.05, 3.63) is 82.6 Å². The van der Waals surface area contributed by atoms with Gasteiger partial charge in [0.1, 0.15) is 5.82 Å². The third-order valence-electron chi connectivity index (χ3n) is 5.82. The molecule has 5 nitrogen and oxygen atoms in total. The lowest BCUT2D eigenvalue weighted by atomic mass is 9.96. The van der Waals surface area contributed by atoms with E-state index < -0.39 is 0 Å². The maximum absolute atomic E-state index is 15.2. The minimum Gasteiger partial charge on any atom is -0.328 e. The monoisotopic (exact) mass is 400 g/mol. The van der Waals surface area contributed by atoms with Gasteiger partial charge in [0, 0.05) is 36.9 Å². The van der Waals surface area contributed by atoms with Crippen LogP contribution in [0.15, 0.2) is 48.8 Å². The third kappa shape index (κ3) is 2.87. The second-order valence-electron chi connectivity index (χ2n) is 7.91. The van der Waals surface area contributed by atoms with E-state index in [4.69, 9.17) is 0 Å². The van der Waals surface area contributed by atoms with Gasteiger partial charge in [0.05, 0.1) is 23.3 Å². The summed E-state index contributed by atoms with van der Waals surface area (Å²) in [5, 5.41) is 5.53. The highest BCUT2D eigenvalue weighted by Gasteiger charge is 2.29. The highest BCUT2D eigenvalue weighted by molar-refractivity contribution is 5.98. The van der Waals surface area contributed by atoms with Crippen molar-refractivity contribution in [2.45, 2.75) is 26.9 Å². The van der Waals surface area contributed by atoms with Gasteiger partial charge in [-0.25, -0.2) is 4.39 Å². The quantitative estimate of drug-likeness (QED) is 0.507. The molecule has 0 radical (unpaired) electrons. The van der Waals surface area contributed by atoms with Crippen molar-refractivity contribution in [2.24, 2.45) is 7.05 Å². The van der Waals surface area contributed by atoms with E-state index in [1.54, 1.807) is 34.0 Å². The average Bonchev–Trinajstić information content (AvgIpc) is 3.26. The van der Waals surface area contributed by atoms with Crippen molar-refractivity contribution in [3.8, 4) is 11.1 Å². The Morgan fingerprint density at radius 2 is 1.93 bits per heavy atom. The first-order chi connectivity index (χ1) is 14.4. The van der Waals surface area contributed by atoms with Crippen LogP contribution in [0.25, 0.3) is 22.0 Å². The lowest BCUT2D eigenvalue weighted by Gasteiger charge is -2.18. The standard InChI is InChI=1S/C24H21FN4O/c1-14-6-7-17(20-11-28(3)27-23(14)20)16-9-15(2)19(21(25)10-16)12-29-13-22-18(24(29)30)5-4-8-26-22/h4-11H,12-13H2,1-3H3. The number of carbonyl (C=O) groups excluding carboxylic acids is 1. The minimum atomic E-state index is -0.306. The fraction of sp³-hybridized carbons (Fsp3) is 0.208. The molecule has 0 spiro atoms. The highest BCUT2D eigenvalue weighted by atomic mass is 19.1. The zero-order chi connectivity index (χ0) is 21.0. The summed E-state index contributed by atoms with van der Waals surface area (Å²) in [6.07, 6.45) is 3.64. The summed E-state index contributed by atoms with van der Waals surface area (Å²) in [5.41, 5.74) is 6.47. The molecule has 1 aliphatic rings. The molecule has 0 aliphatic carbocycles. The van der Waals surface area contributed by atoms with Gasteiger partial charge < -0.3 is 4.90 Å². The second kappa shape index (κ2) is 6.76. The van der Waals surface area contributed by atoms with E-state index in [9.17, 15) is 4.79 Å². The van der Waals surface area contributed by atoms with E-state index >= 15 is 4.39 Å². The van der Waals surface area contributed by atoms with Gasteiger partial charge in [0.15, 0.2) is 0 Å². The molecule has 0 bridgehead atoms. The number of halogens is 1. The molecule has 2 aromatic heterocycles. The number of pyridine rings is 1. The topological polar surface area (TPSA) is 51.0 Å². The Kier molecular flexibility index (Phi) is 4.17. The fourth-order valence-electron chi connectivity index (χ4n) is 4.24. The molecule has 150 valence electrons. The van der Waals surface area contributed by atoms with Gasteiger partial charge >= 0.3 is 0 Å². The lowest BCUT2D eigenvalue weighted by Crippen LogP contribution is -2.24. The minimum absolute atomic E-state index is 0.100. The first kappa shape index (κ1) is 18.5. The normalized spacial score (nSPS) is 13.3. The van der Waals surface area contributed by atoms with Crippen molar-refractivity contribution in [1.29, 1.82) is 0 Å². The Morgan fingerprint density at radius 1 is 1.10 bits per heavy atom. The summed E-state index contributed by atoms with van der Waals surface area (Å²) in [4.78, 5) is 18.6. The van der Waals surface area contributed by atoms with Crippen LogP contribution in [0.1, 0.15) is 32.7 Å². The van der Waals surface area contributed by atoms with Crippen molar-refractivity contribution in [2.75, 3.05) is 0 Å². The van der Waals surface area contributed by atoms with E-state index in [2.05, 4.69) is 10.1 Å². The Hall–Kier alpha value is -3.54. The van der Waals surface area contributed by atoms with Gasteiger partial charge in [-0.2, -0.15) is 5.10 Å². The summed E-state index contributed by atoms with van der Waals surface area (Å²) in [5.74, 6) is -0.407. The van der Waals surface area contributed by atoms with Crippen LogP contribution in [0.4, 0.5) is 4.39 Å². The summed E-state index contributed by atoms with van der Waals surface area (Å²) in [7, 11) is 1.89. The van der Waals surface area contributed by atoms with Gasteiger partial charge in [-0.1, -0.05) is 18.2 Å². The number of amides is 1. The first-order valence-corrected chi connectivity index (χ1v) is 9.88. The van der Waals surface area contributed by atoms with E-state index in [-0.39, 0.29) is 18.3 Å². The predicted molar refractivity (Wildman–Crippen MR) is 113 cm³/mol. The van der Waals surface area contributed by atoms with Gasteiger partial charge in [-0.3, -0.25) is 14.5 Å². The van der Waals surface area contributed by atoms with Crippen LogP contribution in [0.3, 0.4) is 0 Å². The molecule has 5 rings (SSSR count). The average molecular weight is 400 g/mol. The Balaban J connectivity index is 1.51. The number of aryl methyl sites for hydroxylation is 3. The van der Waals surface area contributed by atoms with E-state index in [0.29, 0.717) is 17.7 Å². The molecule has 2 aromatic carbocycles. The van der Waals surface area contributed by atoms with E-state index in [1.807, 2.05) is 45.3 Å². The molecule has 3 heterocycles. The zero-order valence-electron chi connectivity index (χ0n) is 17.1. The number of nitrogens with zero attached hydrogens (tertiary/aromatic N) is 4. The van der Waals surface area contributed by atoms with E-state index in [1.165, 1.54) is 0 Å². The fourth-order valence-corrected chi connectivity index (χ4v) is 4.24. The molecular weight excluding hydrogens is 379 g/mol. The number of aromatic nitrogens is 3. The Bertz CT molecular complexity index is 1300. The van der Waals surface area contributed by atoms with E-state index in [0.717, 1.165) is 38.9 Å². The van der Waals surface area contributed by atoms with Crippen LogP contribution in [-0.2, 0) is 20.1 Å². The molecule has 6 heteroatoms. The summed E-state index contributed by atoms with van der Waals surface area (Å²) in [6, 6.07) is 11.1. The lowest BCUT2D eigenvalue weighted by molar-refractivity contribution is 0.0764. The van der Waals surface area contributed by atoms with Crippen LogP contribution in [0.2, 0.25) is 0 Å². The van der Waals surface area contributed by atoms with Gasteiger partial charge in [-0.15, -0.1) is 0 Å². The molecular formula is C24H21FN4O. The smallest absolute Gasteiger partial charge is 0.256 e. The number of carbonyl (C=O) groups is 1. The Labute approximate surface area is 173 Å². The number of rotatable bonds is 3. The van der Waals surface area contributed by atoms with Crippen molar-refractivity contribution in [1.82, 2.24) is 19.7 Å². The Morgan fingerprint density at radius 3 is 2.70 bits per heavy atom. The molecule has 0 unspecified atom stereocenters. The van der Waals surface area contributed by atoms with Crippen molar-refractivity contribution < 1.29 is 9.18 Å². The van der Waals surface area contributed by atoms with Crippen molar-refractivity contribution in [3.63, 3.8) is 0 Å². The summed E-state index contributed by atoms with van der Waals surface area (Å²) < 4.78 is 17.0. The van der Waals surface area contributed by atoms with Gasteiger partial charge in [0.2, 0.25) is 0 Å². The largest absolute Gasteiger partial charge is 0.328 e. The number of hydrogen-bond donors (Lipinski definition) is 0. The number of benzene rings is 2. The van der Waals surface area contributed by atoms with Crippen LogP contribution >= 0.6 is 0 Å². The molecule has 30 heavy (non-hydrogen) atoms. The molecule has 0 N–H and O–H groups in total. The molecule has 0 fully saturated rings. The maximum Gasteiger partial charge on any atom is 0.256 e.